The van der Waals surface area contributed by atoms with Crippen molar-refractivity contribution in [3.05, 3.63) is 58.4 Å². The fourth-order valence-electron chi connectivity index (χ4n) is 7.01. The highest BCUT2D eigenvalue weighted by atomic mass is 32.3. The molecule has 1 fully saturated rings. The first kappa shape index (κ1) is 30.3. The largest absolute Gasteiger partial charge is 0.716 e. The molecule has 3 rings (SSSR count). The molecule has 2 aliphatic rings. The summed E-state index contributed by atoms with van der Waals surface area (Å²) in [5.41, 5.74) is 4.09. The number of hydrogen-bond acceptors (Lipinski definition) is 6. The van der Waals surface area contributed by atoms with Gasteiger partial charge in [0.2, 0.25) is 0 Å². The van der Waals surface area contributed by atoms with Crippen LogP contribution in [0.4, 0.5) is 0 Å². The van der Waals surface area contributed by atoms with Gasteiger partial charge in [-0.15, -0.1) is 0 Å². The van der Waals surface area contributed by atoms with E-state index in [1.165, 1.54) is 24.1 Å². The lowest BCUT2D eigenvalue weighted by Gasteiger charge is -2.57. The van der Waals surface area contributed by atoms with Crippen molar-refractivity contribution in [3.8, 4) is 11.5 Å². The van der Waals surface area contributed by atoms with E-state index in [1.807, 2.05) is 19.9 Å². The number of benzene rings is 1. The summed E-state index contributed by atoms with van der Waals surface area (Å²) >= 11 is 0. The molecule has 38 heavy (non-hydrogen) atoms. The van der Waals surface area contributed by atoms with Crippen LogP contribution in [0.5, 0.6) is 11.5 Å². The van der Waals surface area contributed by atoms with E-state index in [4.69, 9.17) is 4.18 Å². The van der Waals surface area contributed by atoms with Gasteiger partial charge >= 0.3 is 0 Å². The molecule has 2 aliphatic carbocycles. The lowest BCUT2D eigenvalue weighted by Crippen LogP contribution is -2.48. The van der Waals surface area contributed by atoms with E-state index in [-0.39, 0.29) is 28.2 Å². The van der Waals surface area contributed by atoms with Gasteiger partial charge in [-0.25, -0.2) is 8.42 Å². The average molecular weight is 546 g/mol. The maximum absolute atomic E-state index is 11.7. The number of rotatable bonds is 10. The Morgan fingerprint density at radius 2 is 1.87 bits per heavy atom. The van der Waals surface area contributed by atoms with E-state index in [0.29, 0.717) is 36.5 Å². The quantitative estimate of drug-likeness (QED) is 0.103. The monoisotopic (exact) mass is 545 g/mol. The smallest absolute Gasteiger partial charge is 0.262 e. The number of phenolic OH excluding ortho intramolecular Hbond substituents is 2. The van der Waals surface area contributed by atoms with E-state index in [1.54, 1.807) is 6.07 Å². The van der Waals surface area contributed by atoms with Gasteiger partial charge in [-0.2, -0.15) is 0 Å². The van der Waals surface area contributed by atoms with Crippen molar-refractivity contribution >= 4 is 10.4 Å². The highest BCUT2D eigenvalue weighted by Gasteiger charge is 2.52. The Bertz CT molecular complexity index is 1210. The summed E-state index contributed by atoms with van der Waals surface area (Å²) < 4.78 is 40.3. The van der Waals surface area contributed by atoms with Gasteiger partial charge in [0.25, 0.3) is 10.4 Å². The van der Waals surface area contributed by atoms with Crippen LogP contribution in [0.15, 0.2) is 52.8 Å². The minimum absolute atomic E-state index is 0.0267. The highest BCUT2D eigenvalue weighted by Crippen LogP contribution is 2.60. The number of hydrogen-bond donors (Lipinski definition) is 2. The van der Waals surface area contributed by atoms with Gasteiger partial charge in [0, 0.05) is 12.0 Å². The van der Waals surface area contributed by atoms with Crippen molar-refractivity contribution in [1.82, 2.24) is 0 Å². The lowest BCUT2D eigenvalue weighted by molar-refractivity contribution is -0.0387. The topological polar surface area (TPSA) is 107 Å². The van der Waals surface area contributed by atoms with Crippen molar-refractivity contribution in [2.75, 3.05) is 0 Å². The van der Waals surface area contributed by atoms with E-state index < -0.39 is 10.4 Å². The van der Waals surface area contributed by atoms with E-state index >= 15 is 0 Å². The zero-order valence-corrected chi connectivity index (χ0v) is 24.7. The molecule has 0 unspecified atom stereocenters. The zero-order chi connectivity index (χ0) is 28.3. The second-order valence-corrected chi connectivity index (χ2v) is 13.4. The Morgan fingerprint density at radius 3 is 2.55 bits per heavy atom. The summed E-state index contributed by atoms with van der Waals surface area (Å²) in [5, 5.41) is 19.6. The molecule has 6 nitrogen and oxygen atoms in total. The van der Waals surface area contributed by atoms with Crippen LogP contribution in [0, 0.1) is 22.7 Å². The first-order valence-corrected chi connectivity index (χ1v) is 15.1. The molecule has 3 atom stereocenters. The number of fused-ring (bicyclic) bond motifs is 1. The molecule has 0 radical (unpaired) electrons. The number of aromatic hydroxyl groups is 2. The van der Waals surface area contributed by atoms with Crippen LogP contribution < -0.4 is 0 Å². The predicted molar refractivity (Wildman–Crippen MR) is 150 cm³/mol. The van der Waals surface area contributed by atoms with Crippen molar-refractivity contribution in [1.29, 1.82) is 0 Å². The third kappa shape index (κ3) is 7.44. The fraction of sp³-hybridized carbons (Fsp3) is 0.613. The molecule has 0 amide bonds. The standard InChI is InChI=1S/C31H46O6S/c1-21(11-13-24-19-25(32)14-15-27(24)33)9-7-10-23(3)28(37-38(34,35)36)20-26-22(2)12-16-29-30(4,5)17-8-18-31(26,29)6/h11-12,14-15,19,26,29,32-33H,7-10,13,16-18,20H2,1-6H3,(H,34,35,36)/p-1/b21-11+,28-23-/t26-,29-,31+/m0/s1. The molecular weight excluding hydrogens is 500 g/mol. The van der Waals surface area contributed by atoms with Crippen LogP contribution in [0.3, 0.4) is 0 Å². The Morgan fingerprint density at radius 1 is 1.16 bits per heavy atom. The van der Waals surface area contributed by atoms with Crippen LogP contribution in [0.25, 0.3) is 0 Å². The molecule has 0 spiro atoms. The average Bonchev–Trinajstić information content (AvgIpc) is 2.79. The van der Waals surface area contributed by atoms with Crippen LogP contribution in [0.2, 0.25) is 0 Å². The summed E-state index contributed by atoms with van der Waals surface area (Å²) in [4.78, 5) is 0. The first-order valence-electron chi connectivity index (χ1n) is 13.8. The van der Waals surface area contributed by atoms with Gasteiger partial charge < -0.3 is 18.9 Å². The van der Waals surface area contributed by atoms with Crippen LogP contribution in [-0.2, 0) is 21.0 Å². The van der Waals surface area contributed by atoms with Crippen molar-refractivity contribution < 1.29 is 27.4 Å². The van der Waals surface area contributed by atoms with Crippen molar-refractivity contribution in [3.63, 3.8) is 0 Å². The fourth-order valence-corrected chi connectivity index (χ4v) is 7.47. The molecule has 0 heterocycles. The minimum Gasteiger partial charge on any atom is -0.716 e. The van der Waals surface area contributed by atoms with Crippen molar-refractivity contribution in [2.24, 2.45) is 22.7 Å². The third-order valence-electron chi connectivity index (χ3n) is 9.22. The molecule has 1 aromatic rings. The van der Waals surface area contributed by atoms with Gasteiger partial charge in [-0.05, 0) is 112 Å². The van der Waals surface area contributed by atoms with E-state index in [2.05, 4.69) is 33.8 Å². The van der Waals surface area contributed by atoms with E-state index in [0.717, 1.165) is 43.3 Å². The van der Waals surface area contributed by atoms with Crippen molar-refractivity contribution in [2.45, 2.75) is 99.3 Å². The van der Waals surface area contributed by atoms with E-state index in [9.17, 15) is 23.2 Å². The molecule has 1 saturated carbocycles. The predicted octanol–water partition coefficient (Wildman–Crippen LogP) is 7.70. The second-order valence-electron chi connectivity index (χ2n) is 12.5. The number of phenols is 2. The highest BCUT2D eigenvalue weighted by molar-refractivity contribution is 7.80. The van der Waals surface area contributed by atoms with Gasteiger partial charge in [0.1, 0.15) is 17.3 Å². The second kappa shape index (κ2) is 11.9. The Balaban J connectivity index is 1.74. The molecule has 212 valence electrons. The molecule has 7 heteroatoms. The Hall–Kier alpha value is -2.25. The molecule has 0 aliphatic heterocycles. The Labute approximate surface area is 229 Å². The first-order chi connectivity index (χ1) is 17.6. The summed E-state index contributed by atoms with van der Waals surface area (Å²) in [6, 6.07) is 4.49. The SMILES string of the molecule is CC1=CC[C@H]2C(C)(C)CCC[C@]2(C)[C@H]1C/C(OS(=O)(=O)[O-])=C(\C)CCC/C(C)=C/Cc1cc(O)ccc1O. The molecule has 1 aromatic carbocycles. The van der Waals surface area contributed by atoms with Gasteiger partial charge in [-0.1, -0.05) is 50.5 Å². The normalized spacial score (nSPS) is 26.3. The van der Waals surface area contributed by atoms with Gasteiger partial charge in [0.15, 0.2) is 0 Å². The molecule has 2 N–H and O–H groups in total. The number of allylic oxidation sites excluding steroid dienone is 6. The molecule has 0 bridgehead atoms. The molecular formula is C31H45O6S-. The summed E-state index contributed by atoms with van der Waals surface area (Å²) in [5.74, 6) is 1.20. The minimum atomic E-state index is -4.88. The van der Waals surface area contributed by atoms with Gasteiger partial charge in [-0.3, -0.25) is 0 Å². The Kier molecular flexibility index (Phi) is 9.46. The molecule has 0 saturated heterocycles. The zero-order valence-electron chi connectivity index (χ0n) is 23.8. The van der Waals surface area contributed by atoms with Gasteiger partial charge in [0.05, 0.1) is 0 Å². The summed E-state index contributed by atoms with van der Waals surface area (Å²) in [6.07, 6.45) is 11.9. The van der Waals surface area contributed by atoms with Crippen LogP contribution >= 0.6 is 0 Å². The lowest BCUT2D eigenvalue weighted by atomic mass is 9.48. The van der Waals surface area contributed by atoms with Crippen LogP contribution in [-0.4, -0.2) is 23.2 Å². The summed E-state index contributed by atoms with van der Waals surface area (Å²) in [7, 11) is -4.88. The summed E-state index contributed by atoms with van der Waals surface area (Å²) in [6.45, 7) is 13.1. The molecule has 0 aromatic heterocycles. The van der Waals surface area contributed by atoms with Crippen LogP contribution in [0.1, 0.15) is 98.5 Å². The maximum atomic E-state index is 11.7. The third-order valence-corrected chi connectivity index (χ3v) is 9.63. The maximum Gasteiger partial charge on any atom is 0.262 e.